The van der Waals surface area contributed by atoms with Crippen molar-refractivity contribution in [2.24, 2.45) is 0 Å². The summed E-state index contributed by atoms with van der Waals surface area (Å²) in [7, 11) is 0. The lowest BCUT2D eigenvalue weighted by Crippen LogP contribution is -2.43. The molecule has 0 amide bonds. The van der Waals surface area contributed by atoms with Crippen molar-refractivity contribution in [2.75, 3.05) is 13.2 Å². The summed E-state index contributed by atoms with van der Waals surface area (Å²) in [6, 6.07) is 0. The standard InChI is InChI=1S/C28H54O8/c1-3-5-7-9-11-13-15-17-19-21-23-33-35-25(27(29)30)26(28(31)32)36-34-24-22-20-18-16-14-12-10-8-6-4-2/h25-26H,3-24H2,1-2H3,(H,29,30)(H,31,32). The number of carboxylic acid groups (broad SMARTS) is 2. The number of carboxylic acids is 2. The van der Waals surface area contributed by atoms with E-state index in [4.69, 9.17) is 19.6 Å². The van der Waals surface area contributed by atoms with Gasteiger partial charge < -0.3 is 10.2 Å². The van der Waals surface area contributed by atoms with E-state index in [-0.39, 0.29) is 13.2 Å². The van der Waals surface area contributed by atoms with Crippen LogP contribution in [-0.4, -0.2) is 47.6 Å². The van der Waals surface area contributed by atoms with E-state index in [0.717, 1.165) is 38.5 Å². The first-order chi connectivity index (χ1) is 17.5. The minimum atomic E-state index is -1.81. The number of carbonyl (C=O) groups is 2. The van der Waals surface area contributed by atoms with E-state index in [9.17, 15) is 19.8 Å². The third-order valence-electron chi connectivity index (χ3n) is 6.27. The molecule has 2 N–H and O–H groups in total. The van der Waals surface area contributed by atoms with Gasteiger partial charge in [0.05, 0.1) is 13.2 Å². The molecule has 0 aliphatic heterocycles. The van der Waals surface area contributed by atoms with Crippen LogP contribution < -0.4 is 0 Å². The van der Waals surface area contributed by atoms with E-state index in [2.05, 4.69) is 13.8 Å². The highest BCUT2D eigenvalue weighted by Gasteiger charge is 2.38. The van der Waals surface area contributed by atoms with Gasteiger partial charge in [0.15, 0.2) is 0 Å². The highest BCUT2D eigenvalue weighted by atomic mass is 17.2. The van der Waals surface area contributed by atoms with Gasteiger partial charge in [0.25, 0.3) is 0 Å². The Morgan fingerprint density at radius 2 is 0.722 bits per heavy atom. The minimum Gasteiger partial charge on any atom is -0.479 e. The molecule has 0 saturated heterocycles. The quantitative estimate of drug-likeness (QED) is 0.0590. The second-order valence-electron chi connectivity index (χ2n) is 9.72. The molecular formula is C28H54O8. The van der Waals surface area contributed by atoms with Crippen molar-refractivity contribution in [3.05, 3.63) is 0 Å². The molecule has 36 heavy (non-hydrogen) atoms. The molecule has 0 aromatic carbocycles. The Hall–Kier alpha value is -1.22. The molecule has 0 spiro atoms. The van der Waals surface area contributed by atoms with E-state index in [1.54, 1.807) is 0 Å². The van der Waals surface area contributed by atoms with Gasteiger partial charge in [-0.1, -0.05) is 129 Å². The van der Waals surface area contributed by atoms with Crippen molar-refractivity contribution in [3.63, 3.8) is 0 Å². The summed E-state index contributed by atoms with van der Waals surface area (Å²) in [5.74, 6) is -2.96. The van der Waals surface area contributed by atoms with Gasteiger partial charge in [0.1, 0.15) is 0 Å². The molecule has 0 saturated carbocycles. The number of unbranched alkanes of at least 4 members (excludes halogenated alkanes) is 18. The van der Waals surface area contributed by atoms with Crippen molar-refractivity contribution >= 4 is 11.9 Å². The predicted molar refractivity (Wildman–Crippen MR) is 141 cm³/mol. The minimum absolute atomic E-state index is 0.200. The van der Waals surface area contributed by atoms with Gasteiger partial charge in [-0.25, -0.2) is 29.1 Å². The molecule has 0 rings (SSSR count). The average molecular weight is 519 g/mol. The molecule has 0 aliphatic rings. The highest BCUT2D eigenvalue weighted by Crippen LogP contribution is 2.13. The Kier molecular flexibility index (Phi) is 25.9. The Morgan fingerprint density at radius 1 is 0.472 bits per heavy atom. The molecule has 8 nitrogen and oxygen atoms in total. The Labute approximate surface area is 219 Å². The molecule has 214 valence electrons. The van der Waals surface area contributed by atoms with Crippen LogP contribution in [0.15, 0.2) is 0 Å². The van der Waals surface area contributed by atoms with Crippen LogP contribution >= 0.6 is 0 Å². The fourth-order valence-corrected chi connectivity index (χ4v) is 3.98. The van der Waals surface area contributed by atoms with E-state index in [0.29, 0.717) is 0 Å². The van der Waals surface area contributed by atoms with Crippen molar-refractivity contribution in [1.29, 1.82) is 0 Å². The second-order valence-corrected chi connectivity index (χ2v) is 9.72. The maximum atomic E-state index is 11.5. The summed E-state index contributed by atoms with van der Waals surface area (Å²) in [5, 5.41) is 18.7. The fraction of sp³-hybridized carbons (Fsp3) is 0.929. The van der Waals surface area contributed by atoms with E-state index in [1.165, 1.54) is 89.9 Å². The lowest BCUT2D eigenvalue weighted by Gasteiger charge is -2.19. The summed E-state index contributed by atoms with van der Waals surface area (Å²) < 4.78 is 0. The maximum Gasteiger partial charge on any atom is 0.339 e. The number of aliphatic carboxylic acids is 2. The molecule has 0 aromatic heterocycles. The highest BCUT2D eigenvalue weighted by molar-refractivity contribution is 5.83. The van der Waals surface area contributed by atoms with Crippen LogP contribution in [0.2, 0.25) is 0 Å². The zero-order valence-electron chi connectivity index (χ0n) is 23.1. The van der Waals surface area contributed by atoms with Gasteiger partial charge in [-0.3, -0.25) is 0 Å². The van der Waals surface area contributed by atoms with Crippen molar-refractivity contribution in [3.8, 4) is 0 Å². The van der Waals surface area contributed by atoms with Crippen LogP contribution in [0.1, 0.15) is 142 Å². The van der Waals surface area contributed by atoms with E-state index in [1.807, 2.05) is 0 Å². The zero-order chi connectivity index (χ0) is 26.7. The number of rotatable bonds is 29. The van der Waals surface area contributed by atoms with Crippen LogP contribution in [-0.2, 0) is 29.1 Å². The summed E-state index contributed by atoms with van der Waals surface area (Å²) in [5.41, 5.74) is 0. The van der Waals surface area contributed by atoms with Crippen molar-refractivity contribution in [2.45, 2.75) is 154 Å². The molecule has 0 heterocycles. The molecule has 0 radical (unpaired) electrons. The number of hydrogen-bond acceptors (Lipinski definition) is 6. The van der Waals surface area contributed by atoms with Crippen LogP contribution in [0.3, 0.4) is 0 Å². The van der Waals surface area contributed by atoms with Crippen molar-refractivity contribution < 1.29 is 39.4 Å². The largest absolute Gasteiger partial charge is 0.479 e. The maximum absolute atomic E-state index is 11.5. The van der Waals surface area contributed by atoms with Gasteiger partial charge in [-0.15, -0.1) is 0 Å². The Morgan fingerprint density at radius 3 is 0.972 bits per heavy atom. The van der Waals surface area contributed by atoms with Crippen LogP contribution in [0.25, 0.3) is 0 Å². The van der Waals surface area contributed by atoms with Gasteiger partial charge in [-0.2, -0.15) is 0 Å². The fourth-order valence-electron chi connectivity index (χ4n) is 3.98. The molecule has 0 aromatic rings. The summed E-state index contributed by atoms with van der Waals surface area (Å²) in [4.78, 5) is 42.7. The average Bonchev–Trinajstić information content (AvgIpc) is 2.85. The zero-order valence-corrected chi connectivity index (χ0v) is 23.1. The van der Waals surface area contributed by atoms with Gasteiger partial charge in [-0.05, 0) is 12.8 Å². The first-order valence-electron chi connectivity index (χ1n) is 14.6. The third kappa shape index (κ3) is 22.0. The molecular weight excluding hydrogens is 464 g/mol. The van der Waals surface area contributed by atoms with Gasteiger partial charge >= 0.3 is 11.9 Å². The van der Waals surface area contributed by atoms with Crippen LogP contribution in [0.5, 0.6) is 0 Å². The summed E-state index contributed by atoms with van der Waals surface area (Å²) >= 11 is 0. The molecule has 0 aliphatic carbocycles. The third-order valence-corrected chi connectivity index (χ3v) is 6.27. The first-order valence-corrected chi connectivity index (χ1v) is 14.6. The second kappa shape index (κ2) is 26.8. The first kappa shape index (κ1) is 34.8. The lowest BCUT2D eigenvalue weighted by molar-refractivity contribution is -0.379. The topological polar surface area (TPSA) is 112 Å². The predicted octanol–water partition coefficient (Wildman–Crippen LogP) is 7.63. The lowest BCUT2D eigenvalue weighted by atomic mass is 10.1. The molecule has 0 bridgehead atoms. The molecule has 8 heteroatoms. The van der Waals surface area contributed by atoms with Crippen molar-refractivity contribution in [1.82, 2.24) is 0 Å². The normalized spacial score (nSPS) is 13.1. The van der Waals surface area contributed by atoms with Gasteiger partial charge in [0, 0.05) is 0 Å². The van der Waals surface area contributed by atoms with E-state index < -0.39 is 24.1 Å². The summed E-state index contributed by atoms with van der Waals surface area (Å²) in [6.07, 6.45) is 19.7. The van der Waals surface area contributed by atoms with E-state index >= 15 is 0 Å². The molecule has 2 atom stereocenters. The SMILES string of the molecule is CCCCCCCCCCCCOOC(C(=O)O)C(OOCCCCCCCCCCCC)C(=O)O. The summed E-state index contributed by atoms with van der Waals surface area (Å²) in [6.45, 7) is 4.83. The van der Waals surface area contributed by atoms with Crippen LogP contribution in [0.4, 0.5) is 0 Å². The smallest absolute Gasteiger partial charge is 0.339 e. The number of hydrogen-bond donors (Lipinski definition) is 2. The molecule has 2 unspecified atom stereocenters. The monoisotopic (exact) mass is 518 g/mol. The molecule has 0 fully saturated rings. The Balaban J connectivity index is 3.88. The Bertz CT molecular complexity index is 456. The van der Waals surface area contributed by atoms with Crippen LogP contribution in [0, 0.1) is 0 Å². The van der Waals surface area contributed by atoms with Gasteiger partial charge in [0.2, 0.25) is 12.2 Å².